The molecule has 4 rings (SSSR count). The van der Waals surface area contributed by atoms with Gasteiger partial charge >= 0.3 is 0 Å². The van der Waals surface area contributed by atoms with Crippen LogP contribution in [0.4, 0.5) is 10.1 Å². The van der Waals surface area contributed by atoms with E-state index < -0.39 is 11.9 Å². The molecule has 0 aliphatic carbocycles. The smallest absolute Gasteiger partial charge is 0.252 e. The Balaban J connectivity index is 1.79. The van der Waals surface area contributed by atoms with E-state index in [1.54, 1.807) is 30.3 Å². The number of halogens is 1. The van der Waals surface area contributed by atoms with Crippen molar-refractivity contribution in [3.05, 3.63) is 65.5 Å². The summed E-state index contributed by atoms with van der Waals surface area (Å²) in [6.45, 7) is 4.29. The van der Waals surface area contributed by atoms with Gasteiger partial charge in [0.2, 0.25) is 5.95 Å². The van der Waals surface area contributed by atoms with E-state index in [2.05, 4.69) is 20.7 Å². The summed E-state index contributed by atoms with van der Waals surface area (Å²) >= 11 is 0. The van der Waals surface area contributed by atoms with Crippen LogP contribution in [0.25, 0.3) is 22.0 Å². The summed E-state index contributed by atoms with van der Waals surface area (Å²) in [6, 6.07) is 8.72. The molecular weight excluding hydrogens is 423 g/mol. The highest BCUT2D eigenvalue weighted by Gasteiger charge is 2.26. The van der Waals surface area contributed by atoms with Crippen LogP contribution >= 0.6 is 0 Å². The summed E-state index contributed by atoms with van der Waals surface area (Å²) in [5.41, 5.74) is 13.1. The van der Waals surface area contributed by atoms with Crippen LogP contribution in [0.5, 0.6) is 0 Å². The van der Waals surface area contributed by atoms with Gasteiger partial charge in [0.1, 0.15) is 0 Å². The number of aromatic nitrogens is 2. The molecule has 0 spiro atoms. The molecule has 3 heterocycles. The van der Waals surface area contributed by atoms with E-state index in [0.717, 1.165) is 5.57 Å². The van der Waals surface area contributed by atoms with Gasteiger partial charge in [0.15, 0.2) is 0 Å². The molecule has 1 aromatic carbocycles. The van der Waals surface area contributed by atoms with Crippen LogP contribution in [0, 0.1) is 5.95 Å². The Morgan fingerprint density at radius 1 is 1.36 bits per heavy atom. The van der Waals surface area contributed by atoms with Gasteiger partial charge in [-0.1, -0.05) is 6.07 Å². The summed E-state index contributed by atoms with van der Waals surface area (Å²) in [5, 5.41) is 6.02. The average molecular weight is 451 g/mol. The fraction of sp³-hybridized carbons (Fsp3) is 0.292. The highest BCUT2D eigenvalue weighted by Crippen LogP contribution is 2.32. The number of fused-ring (bicyclic) bond motifs is 1. The summed E-state index contributed by atoms with van der Waals surface area (Å²) in [7, 11) is 3.46. The van der Waals surface area contributed by atoms with Crippen LogP contribution < -0.4 is 16.5 Å². The van der Waals surface area contributed by atoms with Crippen LogP contribution in [0.1, 0.15) is 29.9 Å². The normalized spacial score (nSPS) is 16.7. The van der Waals surface area contributed by atoms with Gasteiger partial charge in [-0.05, 0) is 49.2 Å². The molecule has 0 saturated heterocycles. The lowest BCUT2D eigenvalue weighted by Crippen LogP contribution is -2.44. The molecule has 0 fully saturated rings. The van der Waals surface area contributed by atoms with Crippen molar-refractivity contribution in [3.8, 4) is 11.1 Å². The van der Waals surface area contributed by atoms with Crippen molar-refractivity contribution in [1.29, 1.82) is 0 Å². The third-order valence-electron chi connectivity index (χ3n) is 5.75. The lowest BCUT2D eigenvalue weighted by molar-refractivity contribution is 0.100. The number of nitrogens with one attached hydrogen (secondary N) is 2. The van der Waals surface area contributed by atoms with Gasteiger partial charge in [-0.15, -0.1) is 0 Å². The van der Waals surface area contributed by atoms with Gasteiger partial charge in [-0.25, -0.2) is 10.4 Å². The highest BCUT2D eigenvalue weighted by atomic mass is 19.1. The molecule has 0 bridgehead atoms. The fourth-order valence-electron chi connectivity index (χ4n) is 4.18. The van der Waals surface area contributed by atoms with E-state index in [0.29, 0.717) is 33.4 Å². The lowest BCUT2D eigenvalue weighted by atomic mass is 9.99. The average Bonchev–Trinajstić information content (AvgIpc) is 3.12. The number of hydrogen-bond donors (Lipinski definition) is 3. The summed E-state index contributed by atoms with van der Waals surface area (Å²) in [4.78, 5) is 20.6. The molecule has 1 aliphatic rings. The van der Waals surface area contributed by atoms with Crippen molar-refractivity contribution >= 4 is 22.5 Å². The second-order valence-corrected chi connectivity index (χ2v) is 8.24. The topological polar surface area (TPSA) is 105 Å². The SMILES string of the molecule is COCc1ccc(-c2ccc3ncc(C(N)=O)c(NC(C)C4NN(C)C=C4C)c3c2)c(F)n1. The molecule has 4 N–H and O–H groups in total. The van der Waals surface area contributed by atoms with Gasteiger partial charge in [-0.3, -0.25) is 9.78 Å². The van der Waals surface area contributed by atoms with Crippen molar-refractivity contribution in [2.45, 2.75) is 32.5 Å². The Kier molecular flexibility index (Phi) is 6.26. The third kappa shape index (κ3) is 4.50. The Morgan fingerprint density at radius 3 is 2.79 bits per heavy atom. The summed E-state index contributed by atoms with van der Waals surface area (Å²) in [6.07, 6.45) is 3.49. The first-order valence-corrected chi connectivity index (χ1v) is 10.6. The number of benzene rings is 1. The minimum Gasteiger partial charge on any atom is -0.379 e. The first kappa shape index (κ1) is 22.6. The van der Waals surface area contributed by atoms with E-state index in [4.69, 9.17) is 10.5 Å². The first-order valence-electron chi connectivity index (χ1n) is 10.6. The molecule has 3 aromatic rings. The Labute approximate surface area is 191 Å². The van der Waals surface area contributed by atoms with Crippen molar-refractivity contribution in [1.82, 2.24) is 20.4 Å². The molecule has 1 amide bonds. The van der Waals surface area contributed by atoms with Crippen molar-refractivity contribution < 1.29 is 13.9 Å². The van der Waals surface area contributed by atoms with Gasteiger partial charge in [0.05, 0.1) is 35.1 Å². The monoisotopic (exact) mass is 450 g/mol. The highest BCUT2D eigenvalue weighted by molar-refractivity contribution is 6.07. The zero-order valence-corrected chi connectivity index (χ0v) is 19.0. The van der Waals surface area contributed by atoms with E-state index in [-0.39, 0.29) is 24.3 Å². The molecular formula is C24H27FN6O2. The lowest BCUT2D eigenvalue weighted by Gasteiger charge is -2.26. The maximum absolute atomic E-state index is 14.8. The van der Waals surface area contributed by atoms with Gasteiger partial charge in [-0.2, -0.15) is 4.39 Å². The Bertz CT molecular complexity index is 1250. The molecule has 2 unspecified atom stereocenters. The fourth-order valence-corrected chi connectivity index (χ4v) is 4.18. The maximum atomic E-state index is 14.8. The predicted molar refractivity (Wildman–Crippen MR) is 126 cm³/mol. The van der Waals surface area contributed by atoms with E-state index in [1.165, 1.54) is 13.3 Å². The van der Waals surface area contributed by atoms with Crippen molar-refractivity contribution in [2.75, 3.05) is 19.5 Å². The van der Waals surface area contributed by atoms with Crippen LogP contribution in [0.3, 0.4) is 0 Å². The van der Waals surface area contributed by atoms with Gasteiger partial charge in [0, 0.05) is 43.5 Å². The number of carbonyl (C=O) groups excluding carboxylic acids is 1. The quantitative estimate of drug-likeness (QED) is 0.475. The molecule has 8 nitrogen and oxygen atoms in total. The molecule has 1 aliphatic heterocycles. The maximum Gasteiger partial charge on any atom is 0.252 e. The van der Waals surface area contributed by atoms with Gasteiger partial charge in [0.25, 0.3) is 5.91 Å². The van der Waals surface area contributed by atoms with Crippen molar-refractivity contribution in [3.63, 3.8) is 0 Å². The number of nitrogens with zero attached hydrogens (tertiary/aromatic N) is 3. The molecule has 0 radical (unpaired) electrons. The standard InChI is InChI=1S/C24H27FN6O2/c1-13-11-31(3)30-21(13)14(2)28-22-18-9-15(5-8-20(18)27-10-19(22)24(26)32)17-7-6-16(12-33-4)29-23(17)25/h5-11,14,21,30H,12H2,1-4H3,(H2,26,32)(H,27,28). The molecule has 2 atom stereocenters. The Hall–Kier alpha value is -3.56. The van der Waals surface area contributed by atoms with Crippen LogP contribution in [-0.4, -0.2) is 47.1 Å². The second-order valence-electron chi connectivity index (χ2n) is 8.24. The number of nitrogens with two attached hydrogens (primary N) is 1. The van der Waals surface area contributed by atoms with E-state index in [9.17, 15) is 9.18 Å². The number of pyridine rings is 2. The largest absolute Gasteiger partial charge is 0.379 e. The minimum absolute atomic E-state index is 0.0251. The zero-order valence-electron chi connectivity index (χ0n) is 19.0. The summed E-state index contributed by atoms with van der Waals surface area (Å²) < 4.78 is 19.8. The number of hydrazine groups is 1. The second kappa shape index (κ2) is 9.13. The number of carbonyl (C=O) groups is 1. The minimum atomic E-state index is -0.593. The predicted octanol–water partition coefficient (Wildman–Crippen LogP) is 3.20. The van der Waals surface area contributed by atoms with Crippen molar-refractivity contribution in [2.24, 2.45) is 5.73 Å². The molecule has 0 saturated carbocycles. The number of rotatable bonds is 7. The summed E-state index contributed by atoms with van der Waals surface area (Å²) in [5.74, 6) is -1.19. The van der Waals surface area contributed by atoms with Crippen LogP contribution in [-0.2, 0) is 11.3 Å². The number of methoxy groups -OCH3 is 1. The number of anilines is 1. The first-order chi connectivity index (χ1) is 15.8. The number of ether oxygens (including phenoxy) is 1. The zero-order chi connectivity index (χ0) is 23.7. The van der Waals surface area contributed by atoms with Crippen LogP contribution in [0.2, 0.25) is 0 Å². The molecule has 172 valence electrons. The number of amides is 1. The van der Waals surface area contributed by atoms with Crippen LogP contribution in [0.15, 0.2) is 48.3 Å². The molecule has 33 heavy (non-hydrogen) atoms. The van der Waals surface area contributed by atoms with Gasteiger partial charge < -0.3 is 20.8 Å². The van der Waals surface area contributed by atoms with E-state index in [1.807, 2.05) is 32.1 Å². The van der Waals surface area contributed by atoms with E-state index >= 15 is 0 Å². The number of hydrogen-bond acceptors (Lipinski definition) is 7. The Morgan fingerprint density at radius 2 is 2.15 bits per heavy atom. The molecule has 9 heteroatoms. The number of primary amides is 1. The molecule has 2 aromatic heterocycles. The third-order valence-corrected chi connectivity index (χ3v) is 5.75.